The summed E-state index contributed by atoms with van der Waals surface area (Å²) in [5.41, 5.74) is 1.97. The maximum absolute atomic E-state index is 11.7. The first-order chi connectivity index (χ1) is 10.6. The van der Waals surface area contributed by atoms with Gasteiger partial charge in [0.25, 0.3) is 0 Å². The van der Waals surface area contributed by atoms with Crippen LogP contribution < -0.4 is 0 Å². The summed E-state index contributed by atoms with van der Waals surface area (Å²) in [5, 5.41) is 9.40. The zero-order valence-corrected chi connectivity index (χ0v) is 13.9. The molecular weight excluding hydrogens is 272 g/mol. The second kappa shape index (κ2) is 5.47. The minimum Gasteiger partial charge on any atom is -0.396 e. The number of carbonyl (C=O) groups is 1. The van der Waals surface area contributed by atoms with Gasteiger partial charge in [-0.3, -0.25) is 4.79 Å². The van der Waals surface area contributed by atoms with E-state index in [2.05, 4.69) is 6.92 Å². The van der Waals surface area contributed by atoms with E-state index in [9.17, 15) is 9.90 Å². The molecular formula is C20H30O2. The van der Waals surface area contributed by atoms with Gasteiger partial charge in [-0.2, -0.15) is 0 Å². The third-order valence-corrected chi connectivity index (χ3v) is 7.97. The fraction of sp³-hybridized carbons (Fsp3) is 0.850. The first-order valence-electron chi connectivity index (χ1n) is 9.47. The summed E-state index contributed by atoms with van der Waals surface area (Å²) >= 11 is 0. The van der Waals surface area contributed by atoms with Gasteiger partial charge in [0.05, 0.1) is 0 Å². The molecule has 2 heteroatoms. The van der Waals surface area contributed by atoms with E-state index in [-0.39, 0.29) is 0 Å². The third kappa shape index (κ3) is 2.13. The normalized spacial score (nSPS) is 47.5. The van der Waals surface area contributed by atoms with Gasteiger partial charge in [-0.25, -0.2) is 0 Å². The van der Waals surface area contributed by atoms with Crippen molar-refractivity contribution in [3.63, 3.8) is 0 Å². The van der Waals surface area contributed by atoms with Crippen LogP contribution in [0.5, 0.6) is 0 Å². The van der Waals surface area contributed by atoms with E-state index in [0.29, 0.717) is 17.8 Å². The fourth-order valence-electron chi connectivity index (χ4n) is 6.92. The molecule has 3 saturated carbocycles. The number of carbonyl (C=O) groups excluding carboxylic acids is 1. The summed E-state index contributed by atoms with van der Waals surface area (Å²) in [4.78, 5) is 11.7. The Kier molecular flexibility index (Phi) is 3.71. The SMILES string of the molecule is C[C@]12CC[C@H]3[C@@H](CCC4=CC(=O)CC[C@@H]43)[C@@H]1CC[C@H]2CCO. The van der Waals surface area contributed by atoms with Crippen LogP contribution in [0.15, 0.2) is 11.6 Å². The molecule has 2 nitrogen and oxygen atoms in total. The molecule has 1 N–H and O–H groups in total. The Labute approximate surface area is 134 Å². The van der Waals surface area contributed by atoms with E-state index in [1.54, 1.807) is 0 Å². The topological polar surface area (TPSA) is 37.3 Å². The van der Waals surface area contributed by atoms with Crippen molar-refractivity contribution in [2.75, 3.05) is 6.61 Å². The van der Waals surface area contributed by atoms with Gasteiger partial charge in [-0.05, 0) is 92.4 Å². The van der Waals surface area contributed by atoms with Gasteiger partial charge >= 0.3 is 0 Å². The number of aliphatic hydroxyl groups is 1. The Balaban J connectivity index is 1.58. The molecule has 0 radical (unpaired) electrons. The number of hydrogen-bond donors (Lipinski definition) is 1. The molecule has 0 amide bonds. The summed E-state index contributed by atoms with van der Waals surface area (Å²) in [6.07, 6.45) is 12.8. The summed E-state index contributed by atoms with van der Waals surface area (Å²) in [7, 11) is 0. The van der Waals surface area contributed by atoms with Crippen LogP contribution in [-0.2, 0) is 4.79 Å². The van der Waals surface area contributed by atoms with Crippen molar-refractivity contribution in [3.05, 3.63) is 11.6 Å². The zero-order valence-electron chi connectivity index (χ0n) is 13.9. The number of rotatable bonds is 2. The summed E-state index contributed by atoms with van der Waals surface area (Å²) in [5.74, 6) is 4.44. The van der Waals surface area contributed by atoms with Crippen molar-refractivity contribution in [1.29, 1.82) is 0 Å². The fourth-order valence-corrected chi connectivity index (χ4v) is 6.92. The molecule has 0 aromatic carbocycles. The lowest BCUT2D eigenvalue weighted by atomic mass is 9.51. The zero-order chi connectivity index (χ0) is 15.3. The van der Waals surface area contributed by atoms with E-state index < -0.39 is 0 Å². The van der Waals surface area contributed by atoms with Crippen LogP contribution in [0.3, 0.4) is 0 Å². The Morgan fingerprint density at radius 1 is 1.14 bits per heavy atom. The lowest BCUT2D eigenvalue weighted by Crippen LogP contribution is -2.46. The first-order valence-corrected chi connectivity index (χ1v) is 9.47. The van der Waals surface area contributed by atoms with Crippen molar-refractivity contribution in [1.82, 2.24) is 0 Å². The predicted molar refractivity (Wildman–Crippen MR) is 87.3 cm³/mol. The van der Waals surface area contributed by atoms with Gasteiger partial charge < -0.3 is 5.11 Å². The molecule has 22 heavy (non-hydrogen) atoms. The molecule has 0 saturated heterocycles. The highest BCUT2D eigenvalue weighted by atomic mass is 16.3. The largest absolute Gasteiger partial charge is 0.396 e. The lowest BCUT2D eigenvalue weighted by Gasteiger charge is -2.54. The van der Waals surface area contributed by atoms with E-state index in [0.717, 1.165) is 48.9 Å². The number of aliphatic hydroxyl groups excluding tert-OH is 1. The van der Waals surface area contributed by atoms with Gasteiger partial charge in [0.15, 0.2) is 5.78 Å². The first kappa shape index (κ1) is 14.9. The van der Waals surface area contributed by atoms with E-state index in [1.165, 1.54) is 44.1 Å². The summed E-state index contributed by atoms with van der Waals surface area (Å²) in [6.45, 7) is 2.88. The third-order valence-electron chi connectivity index (χ3n) is 7.97. The molecule has 0 aromatic rings. The lowest BCUT2D eigenvalue weighted by molar-refractivity contribution is -0.116. The average molecular weight is 302 g/mol. The Bertz CT molecular complexity index is 494. The highest BCUT2D eigenvalue weighted by molar-refractivity contribution is 5.91. The molecule has 6 atom stereocenters. The number of allylic oxidation sites excluding steroid dienone is 1. The molecule has 122 valence electrons. The van der Waals surface area contributed by atoms with Crippen LogP contribution in [0.4, 0.5) is 0 Å². The minimum atomic E-state index is 0.360. The molecule has 4 aliphatic carbocycles. The highest BCUT2D eigenvalue weighted by Gasteiger charge is 2.55. The van der Waals surface area contributed by atoms with Crippen molar-refractivity contribution >= 4 is 5.78 Å². The molecule has 0 aliphatic heterocycles. The van der Waals surface area contributed by atoms with Crippen molar-refractivity contribution in [2.24, 2.45) is 35.0 Å². The standard InChI is InChI=1S/C20H30O2/c1-20-10-8-17-16-6-4-15(22)12-13(16)2-5-18(17)19(20)7-3-14(20)9-11-21/h12,14,16-19,21H,2-11H2,1H3/t14-,16-,17+,18+,19-,20+/m0/s1. The molecule has 4 aliphatic rings. The number of fused-ring (bicyclic) bond motifs is 5. The molecule has 4 rings (SSSR count). The number of ketones is 1. The molecule has 0 bridgehead atoms. The minimum absolute atomic E-state index is 0.360. The van der Waals surface area contributed by atoms with E-state index in [4.69, 9.17) is 0 Å². The summed E-state index contributed by atoms with van der Waals surface area (Å²) in [6, 6.07) is 0. The highest BCUT2D eigenvalue weighted by Crippen LogP contribution is 2.64. The van der Waals surface area contributed by atoms with Crippen molar-refractivity contribution < 1.29 is 9.90 Å². The maximum atomic E-state index is 11.7. The maximum Gasteiger partial charge on any atom is 0.155 e. The van der Waals surface area contributed by atoms with Crippen LogP contribution in [0.2, 0.25) is 0 Å². The van der Waals surface area contributed by atoms with Crippen molar-refractivity contribution in [2.45, 2.75) is 64.7 Å². The molecule has 0 unspecified atom stereocenters. The van der Waals surface area contributed by atoms with Gasteiger partial charge in [-0.15, -0.1) is 0 Å². The quantitative estimate of drug-likeness (QED) is 0.833. The monoisotopic (exact) mass is 302 g/mol. The molecule has 3 fully saturated rings. The molecule has 0 aromatic heterocycles. The Morgan fingerprint density at radius 3 is 2.82 bits per heavy atom. The van der Waals surface area contributed by atoms with E-state index in [1.807, 2.05) is 6.08 Å². The number of hydrogen-bond acceptors (Lipinski definition) is 2. The average Bonchev–Trinajstić information content (AvgIpc) is 2.84. The van der Waals surface area contributed by atoms with Crippen LogP contribution in [0, 0.1) is 35.0 Å². The molecule has 0 heterocycles. The van der Waals surface area contributed by atoms with Crippen LogP contribution in [-0.4, -0.2) is 17.5 Å². The predicted octanol–water partition coefficient (Wildman–Crippen LogP) is 4.13. The second-order valence-electron chi connectivity index (χ2n) is 8.63. The van der Waals surface area contributed by atoms with Gasteiger partial charge in [0.2, 0.25) is 0 Å². The summed E-state index contributed by atoms with van der Waals surface area (Å²) < 4.78 is 0. The van der Waals surface area contributed by atoms with Gasteiger partial charge in [0.1, 0.15) is 0 Å². The van der Waals surface area contributed by atoms with Crippen molar-refractivity contribution in [3.8, 4) is 0 Å². The van der Waals surface area contributed by atoms with E-state index >= 15 is 0 Å². The smallest absolute Gasteiger partial charge is 0.155 e. The Morgan fingerprint density at radius 2 is 2.00 bits per heavy atom. The van der Waals surface area contributed by atoms with Crippen LogP contribution in [0.1, 0.15) is 64.7 Å². The van der Waals surface area contributed by atoms with Gasteiger partial charge in [-0.1, -0.05) is 12.5 Å². The van der Waals surface area contributed by atoms with Crippen LogP contribution >= 0.6 is 0 Å². The van der Waals surface area contributed by atoms with Crippen LogP contribution in [0.25, 0.3) is 0 Å². The second-order valence-corrected chi connectivity index (χ2v) is 8.63. The van der Waals surface area contributed by atoms with Gasteiger partial charge in [0, 0.05) is 13.0 Å². The Hall–Kier alpha value is -0.630. The molecule has 0 spiro atoms.